The molecule has 1 aromatic carbocycles. The molecule has 0 bridgehead atoms. The molecule has 0 spiro atoms. The molecular weight excluding hydrogens is 309 g/mol. The van der Waals surface area contributed by atoms with Gasteiger partial charge in [-0.15, -0.1) is 0 Å². The fourth-order valence-electron chi connectivity index (χ4n) is 2.56. The van der Waals surface area contributed by atoms with Crippen LogP contribution in [0.3, 0.4) is 0 Å². The van der Waals surface area contributed by atoms with Gasteiger partial charge in [0, 0.05) is 24.1 Å². The van der Waals surface area contributed by atoms with Crippen LogP contribution in [0.5, 0.6) is 0 Å². The molecule has 0 unspecified atom stereocenters. The highest BCUT2D eigenvalue weighted by atomic mass is 19.1. The lowest BCUT2D eigenvalue weighted by molar-refractivity contribution is 0.0596. The predicted molar refractivity (Wildman–Crippen MR) is 92.6 cm³/mol. The van der Waals surface area contributed by atoms with Crippen molar-refractivity contribution in [1.29, 1.82) is 0 Å². The number of hydrogen-bond donors (Lipinski definition) is 1. The standard InChI is InChI=1S/C18H26FN3O2/c1-5-9-22(17(23)20-18(2,3)4)12-15-11-16(21-24-15)13-7-6-8-14(19)10-13/h6-8,10,15H,5,9,11-12H2,1-4H3,(H,20,23)/t15-/m0/s1. The minimum Gasteiger partial charge on any atom is -0.390 e. The molecule has 1 aromatic rings. The normalized spacial score (nSPS) is 17.2. The summed E-state index contributed by atoms with van der Waals surface area (Å²) in [5.41, 5.74) is 1.15. The van der Waals surface area contributed by atoms with E-state index in [0.717, 1.165) is 12.0 Å². The first-order chi connectivity index (χ1) is 11.3. The van der Waals surface area contributed by atoms with Gasteiger partial charge >= 0.3 is 6.03 Å². The summed E-state index contributed by atoms with van der Waals surface area (Å²) in [6.45, 7) is 8.99. The molecule has 1 atom stereocenters. The number of nitrogens with one attached hydrogen (secondary N) is 1. The Kier molecular flexibility index (Phi) is 5.80. The predicted octanol–water partition coefficient (Wildman–Crippen LogP) is 3.54. The Balaban J connectivity index is 1.96. The second-order valence-electron chi connectivity index (χ2n) is 7.11. The van der Waals surface area contributed by atoms with E-state index in [1.807, 2.05) is 33.8 Å². The van der Waals surface area contributed by atoms with Crippen molar-refractivity contribution in [2.45, 2.75) is 52.2 Å². The Morgan fingerprint density at radius 2 is 2.21 bits per heavy atom. The Labute approximate surface area is 142 Å². The van der Waals surface area contributed by atoms with Gasteiger partial charge in [-0.1, -0.05) is 24.2 Å². The maximum atomic E-state index is 13.3. The topological polar surface area (TPSA) is 53.9 Å². The van der Waals surface area contributed by atoms with Crippen molar-refractivity contribution in [3.8, 4) is 0 Å². The van der Waals surface area contributed by atoms with Crippen LogP contribution in [-0.4, -0.2) is 41.4 Å². The molecule has 0 fully saturated rings. The molecule has 5 nitrogen and oxygen atoms in total. The van der Waals surface area contributed by atoms with E-state index in [2.05, 4.69) is 10.5 Å². The Hall–Kier alpha value is -2.11. The number of benzene rings is 1. The third-order valence-electron chi connectivity index (χ3n) is 3.58. The van der Waals surface area contributed by atoms with Crippen molar-refractivity contribution < 1.29 is 14.0 Å². The van der Waals surface area contributed by atoms with E-state index in [-0.39, 0.29) is 23.5 Å². The van der Waals surface area contributed by atoms with Crippen molar-refractivity contribution in [3.63, 3.8) is 0 Å². The highest BCUT2D eigenvalue weighted by Crippen LogP contribution is 2.18. The lowest BCUT2D eigenvalue weighted by atomic mass is 10.0. The minimum absolute atomic E-state index is 0.104. The van der Waals surface area contributed by atoms with Crippen molar-refractivity contribution in [2.24, 2.45) is 5.16 Å². The molecule has 6 heteroatoms. The van der Waals surface area contributed by atoms with Gasteiger partial charge in [-0.2, -0.15) is 0 Å². The molecule has 2 rings (SSSR count). The van der Waals surface area contributed by atoms with Crippen molar-refractivity contribution >= 4 is 11.7 Å². The Morgan fingerprint density at radius 3 is 2.83 bits per heavy atom. The summed E-state index contributed by atoms with van der Waals surface area (Å²) >= 11 is 0. The van der Waals surface area contributed by atoms with E-state index in [9.17, 15) is 9.18 Å². The number of carbonyl (C=O) groups excluding carboxylic acids is 1. The molecule has 24 heavy (non-hydrogen) atoms. The summed E-state index contributed by atoms with van der Waals surface area (Å²) in [7, 11) is 0. The van der Waals surface area contributed by atoms with Crippen molar-refractivity contribution in [3.05, 3.63) is 35.6 Å². The van der Waals surface area contributed by atoms with Gasteiger partial charge in [0.25, 0.3) is 0 Å². The van der Waals surface area contributed by atoms with Gasteiger partial charge in [0.1, 0.15) is 5.82 Å². The van der Waals surface area contributed by atoms with E-state index >= 15 is 0 Å². The first-order valence-electron chi connectivity index (χ1n) is 8.34. The second-order valence-corrected chi connectivity index (χ2v) is 7.11. The van der Waals surface area contributed by atoms with Gasteiger partial charge in [0.05, 0.1) is 12.3 Å². The Bertz CT molecular complexity index is 611. The molecule has 2 amide bonds. The largest absolute Gasteiger partial charge is 0.390 e. The van der Waals surface area contributed by atoms with Crippen LogP contribution in [0.2, 0.25) is 0 Å². The number of oxime groups is 1. The number of amides is 2. The summed E-state index contributed by atoms with van der Waals surface area (Å²) in [6.07, 6.45) is 1.22. The summed E-state index contributed by atoms with van der Waals surface area (Å²) in [5.74, 6) is -0.296. The average molecular weight is 335 g/mol. The maximum absolute atomic E-state index is 13.3. The zero-order chi connectivity index (χ0) is 17.7. The monoisotopic (exact) mass is 335 g/mol. The van der Waals surface area contributed by atoms with Crippen LogP contribution in [-0.2, 0) is 4.84 Å². The zero-order valence-electron chi connectivity index (χ0n) is 14.8. The molecule has 0 radical (unpaired) electrons. The van der Waals surface area contributed by atoms with Crippen LogP contribution in [0.15, 0.2) is 29.4 Å². The number of carbonyl (C=O) groups is 1. The smallest absolute Gasteiger partial charge is 0.317 e. The number of halogens is 1. The molecule has 1 heterocycles. The number of nitrogens with zero attached hydrogens (tertiary/aromatic N) is 2. The van der Waals surface area contributed by atoms with Crippen LogP contribution in [0.25, 0.3) is 0 Å². The van der Waals surface area contributed by atoms with Gasteiger partial charge in [0.2, 0.25) is 0 Å². The van der Waals surface area contributed by atoms with Crippen LogP contribution in [0.4, 0.5) is 9.18 Å². The van der Waals surface area contributed by atoms with Crippen molar-refractivity contribution in [2.75, 3.05) is 13.1 Å². The van der Waals surface area contributed by atoms with E-state index in [1.54, 1.807) is 11.0 Å². The van der Waals surface area contributed by atoms with Crippen LogP contribution in [0.1, 0.15) is 46.1 Å². The molecule has 1 aliphatic rings. The Morgan fingerprint density at radius 1 is 1.46 bits per heavy atom. The van der Waals surface area contributed by atoms with Gasteiger partial charge in [-0.3, -0.25) is 0 Å². The third-order valence-corrected chi connectivity index (χ3v) is 3.58. The maximum Gasteiger partial charge on any atom is 0.317 e. The molecule has 0 aromatic heterocycles. The SMILES string of the molecule is CCCN(C[C@@H]1CC(c2cccc(F)c2)=NO1)C(=O)NC(C)(C)C. The van der Waals surface area contributed by atoms with Gasteiger partial charge in [0.15, 0.2) is 6.10 Å². The lowest BCUT2D eigenvalue weighted by Crippen LogP contribution is -2.50. The highest BCUT2D eigenvalue weighted by molar-refractivity contribution is 6.01. The highest BCUT2D eigenvalue weighted by Gasteiger charge is 2.27. The average Bonchev–Trinajstić information content (AvgIpc) is 2.93. The fraction of sp³-hybridized carbons (Fsp3) is 0.556. The molecule has 0 aliphatic carbocycles. The number of urea groups is 1. The first-order valence-corrected chi connectivity index (χ1v) is 8.34. The minimum atomic E-state index is -0.296. The van der Waals surface area contributed by atoms with Crippen LogP contribution < -0.4 is 5.32 Å². The van der Waals surface area contributed by atoms with E-state index in [1.165, 1.54) is 12.1 Å². The summed E-state index contributed by atoms with van der Waals surface area (Å²) < 4.78 is 13.3. The summed E-state index contributed by atoms with van der Waals surface area (Å²) in [6, 6.07) is 6.20. The van der Waals surface area contributed by atoms with Crippen LogP contribution >= 0.6 is 0 Å². The number of rotatable bonds is 5. The molecule has 132 valence electrons. The van der Waals surface area contributed by atoms with Gasteiger partial charge < -0.3 is 15.1 Å². The second kappa shape index (κ2) is 7.64. The fourth-order valence-corrected chi connectivity index (χ4v) is 2.56. The third kappa shape index (κ3) is 5.22. The lowest BCUT2D eigenvalue weighted by Gasteiger charge is -2.29. The molecule has 1 aliphatic heterocycles. The molecular formula is C18H26FN3O2. The van der Waals surface area contributed by atoms with E-state index in [4.69, 9.17) is 4.84 Å². The van der Waals surface area contributed by atoms with Gasteiger partial charge in [-0.05, 0) is 39.3 Å². The van der Waals surface area contributed by atoms with Gasteiger partial charge in [-0.25, -0.2) is 9.18 Å². The molecule has 0 saturated heterocycles. The molecule has 0 saturated carbocycles. The summed E-state index contributed by atoms with van der Waals surface area (Å²) in [4.78, 5) is 19.6. The quantitative estimate of drug-likeness (QED) is 0.895. The molecule has 1 N–H and O–H groups in total. The van der Waals surface area contributed by atoms with Crippen molar-refractivity contribution in [1.82, 2.24) is 10.2 Å². The van der Waals surface area contributed by atoms with E-state index < -0.39 is 0 Å². The van der Waals surface area contributed by atoms with E-state index in [0.29, 0.717) is 25.2 Å². The summed E-state index contributed by atoms with van der Waals surface area (Å²) in [5, 5.41) is 7.04. The van der Waals surface area contributed by atoms with Crippen LogP contribution in [0, 0.1) is 5.82 Å². The zero-order valence-corrected chi connectivity index (χ0v) is 14.8. The number of hydrogen-bond acceptors (Lipinski definition) is 3. The first kappa shape index (κ1) is 18.2.